The van der Waals surface area contributed by atoms with Crippen molar-refractivity contribution in [2.45, 2.75) is 45.4 Å². The lowest BCUT2D eigenvalue weighted by atomic mass is 10.1. The summed E-state index contributed by atoms with van der Waals surface area (Å²) in [5.74, 6) is 0.0611. The summed E-state index contributed by atoms with van der Waals surface area (Å²) in [5, 5.41) is 29.0. The average Bonchev–Trinajstić information content (AvgIpc) is 3.07. The van der Waals surface area contributed by atoms with Crippen LogP contribution in [0.5, 0.6) is 5.88 Å². The number of aliphatic carboxylic acids is 1. The van der Waals surface area contributed by atoms with Crippen LogP contribution in [0.1, 0.15) is 27.7 Å². The summed E-state index contributed by atoms with van der Waals surface area (Å²) in [6.07, 6.45) is -1.81. The van der Waals surface area contributed by atoms with Crippen LogP contribution in [0.25, 0.3) is 0 Å². The summed E-state index contributed by atoms with van der Waals surface area (Å²) in [6, 6.07) is 0. The second kappa shape index (κ2) is 11.3. The topological polar surface area (TPSA) is 137 Å². The molecule has 4 N–H and O–H groups in total. The van der Waals surface area contributed by atoms with Crippen LogP contribution in [-0.4, -0.2) is 87.2 Å². The summed E-state index contributed by atoms with van der Waals surface area (Å²) >= 11 is 1.12. The summed E-state index contributed by atoms with van der Waals surface area (Å²) in [6.45, 7) is 11.0. The Bertz CT molecular complexity index is 557. The van der Waals surface area contributed by atoms with E-state index in [0.717, 1.165) is 30.6 Å². The maximum absolute atomic E-state index is 9.95. The molecule has 10 nitrogen and oxygen atoms in total. The first-order valence-electron chi connectivity index (χ1n) is 8.72. The Morgan fingerprint density at radius 3 is 2.44 bits per heavy atom. The number of hydrogen-bond donors (Lipinski definition) is 4. The Hall–Kier alpha value is -1.53. The average molecular weight is 407 g/mol. The van der Waals surface area contributed by atoms with Gasteiger partial charge in [-0.3, -0.25) is 0 Å². The number of aliphatic hydroxyl groups is 2. The molecule has 1 aromatic heterocycles. The zero-order chi connectivity index (χ0) is 20.4. The highest BCUT2D eigenvalue weighted by molar-refractivity contribution is 6.99. The second-order valence-electron chi connectivity index (χ2n) is 7.10. The number of morpholine rings is 1. The molecule has 156 valence electrons. The number of carbonyl (C=O) groups is 1. The molecule has 1 aliphatic rings. The third-order valence-electron chi connectivity index (χ3n) is 3.39. The van der Waals surface area contributed by atoms with Crippen LogP contribution in [0.3, 0.4) is 0 Å². The van der Waals surface area contributed by atoms with Gasteiger partial charge in [-0.15, -0.1) is 4.37 Å². The molecular weight excluding hydrogens is 376 g/mol. The molecular formula is C16H30N4O6S. The standard InChI is InChI=1S/C13H24N4O3S.C3H6O3/c1-13(2,3)14-8-10(18)9-20-12-11(15-21-16-12)17-4-6-19-7-5-17;1-2(4)3(5)6/h10,14,18H,4-9H2,1-3H3;2,4H,1H3,(H,5,6)/t10-;/m0./s1. The number of nitrogens with zero attached hydrogens (tertiary/aromatic N) is 3. The molecule has 2 heterocycles. The van der Waals surface area contributed by atoms with Gasteiger partial charge < -0.3 is 35.0 Å². The minimum Gasteiger partial charge on any atom is -0.479 e. The van der Waals surface area contributed by atoms with E-state index in [0.29, 0.717) is 25.6 Å². The molecule has 11 heteroatoms. The molecule has 1 aromatic rings. The summed E-state index contributed by atoms with van der Waals surface area (Å²) in [5.41, 5.74) is -0.0257. The highest BCUT2D eigenvalue weighted by Crippen LogP contribution is 2.26. The number of anilines is 1. The van der Waals surface area contributed by atoms with Gasteiger partial charge in [0.2, 0.25) is 5.82 Å². The van der Waals surface area contributed by atoms with Crippen molar-refractivity contribution in [3.8, 4) is 5.88 Å². The molecule has 2 atom stereocenters. The number of carboxylic acid groups (broad SMARTS) is 1. The van der Waals surface area contributed by atoms with E-state index in [1.165, 1.54) is 6.92 Å². The summed E-state index contributed by atoms with van der Waals surface area (Å²) in [4.78, 5) is 11.5. The van der Waals surface area contributed by atoms with E-state index in [1.54, 1.807) is 0 Å². The number of rotatable bonds is 7. The highest BCUT2D eigenvalue weighted by atomic mass is 32.1. The zero-order valence-electron chi connectivity index (χ0n) is 16.2. The summed E-state index contributed by atoms with van der Waals surface area (Å²) < 4.78 is 19.4. The fraction of sp³-hybridized carbons (Fsp3) is 0.812. The van der Waals surface area contributed by atoms with Gasteiger partial charge in [-0.25, -0.2) is 4.79 Å². The lowest BCUT2D eigenvalue weighted by Crippen LogP contribution is -2.42. The SMILES string of the molecule is CC(C)(C)NC[C@H](O)COc1nsnc1N1CCOCC1.CC(O)C(=O)O. The molecule has 1 saturated heterocycles. The van der Waals surface area contributed by atoms with Crippen molar-refractivity contribution in [3.63, 3.8) is 0 Å². The van der Waals surface area contributed by atoms with E-state index in [1.807, 2.05) is 0 Å². The van der Waals surface area contributed by atoms with E-state index in [2.05, 4.69) is 39.7 Å². The van der Waals surface area contributed by atoms with Gasteiger partial charge in [-0.1, -0.05) is 0 Å². The van der Waals surface area contributed by atoms with Crippen molar-refractivity contribution in [1.29, 1.82) is 0 Å². The van der Waals surface area contributed by atoms with Crippen LogP contribution in [0.2, 0.25) is 0 Å². The molecule has 0 spiro atoms. The Labute approximate surface area is 163 Å². The molecule has 1 aliphatic heterocycles. The third kappa shape index (κ3) is 9.82. The first-order chi connectivity index (χ1) is 12.6. The van der Waals surface area contributed by atoms with Crippen molar-refractivity contribution in [3.05, 3.63) is 0 Å². The predicted octanol–water partition coefficient (Wildman–Crippen LogP) is -0.0457. The van der Waals surface area contributed by atoms with Gasteiger partial charge in [0.25, 0.3) is 5.88 Å². The van der Waals surface area contributed by atoms with Crippen molar-refractivity contribution >= 4 is 23.5 Å². The smallest absolute Gasteiger partial charge is 0.332 e. The van der Waals surface area contributed by atoms with E-state index in [9.17, 15) is 9.90 Å². The largest absolute Gasteiger partial charge is 0.479 e. The molecule has 0 bridgehead atoms. The van der Waals surface area contributed by atoms with E-state index < -0.39 is 18.2 Å². The Balaban J connectivity index is 0.000000527. The molecule has 0 radical (unpaired) electrons. The van der Waals surface area contributed by atoms with Crippen LogP contribution in [0.15, 0.2) is 0 Å². The van der Waals surface area contributed by atoms with E-state index in [-0.39, 0.29) is 12.1 Å². The van der Waals surface area contributed by atoms with Crippen LogP contribution in [0, 0.1) is 0 Å². The van der Waals surface area contributed by atoms with Crippen LogP contribution >= 0.6 is 11.7 Å². The van der Waals surface area contributed by atoms with Crippen LogP contribution in [-0.2, 0) is 9.53 Å². The van der Waals surface area contributed by atoms with Crippen LogP contribution < -0.4 is 15.0 Å². The van der Waals surface area contributed by atoms with Gasteiger partial charge in [-0.2, -0.15) is 4.37 Å². The monoisotopic (exact) mass is 406 g/mol. The van der Waals surface area contributed by atoms with Gasteiger partial charge in [-0.05, 0) is 27.7 Å². The van der Waals surface area contributed by atoms with Crippen molar-refractivity contribution in [2.24, 2.45) is 0 Å². The van der Waals surface area contributed by atoms with E-state index in [4.69, 9.17) is 19.7 Å². The van der Waals surface area contributed by atoms with Crippen molar-refractivity contribution in [2.75, 3.05) is 44.4 Å². The first-order valence-corrected chi connectivity index (χ1v) is 9.45. The summed E-state index contributed by atoms with van der Waals surface area (Å²) in [7, 11) is 0. The van der Waals surface area contributed by atoms with Gasteiger partial charge in [0.05, 0.1) is 24.9 Å². The van der Waals surface area contributed by atoms with E-state index >= 15 is 0 Å². The Morgan fingerprint density at radius 1 is 1.33 bits per heavy atom. The molecule has 0 aromatic carbocycles. The number of β-amino-alcohol motifs (C(OH)–C–C–N with tert-alkyl or cyclic N) is 1. The quantitative estimate of drug-likeness (QED) is 0.488. The number of aromatic nitrogens is 2. The molecule has 1 unspecified atom stereocenters. The van der Waals surface area contributed by atoms with Gasteiger partial charge >= 0.3 is 5.97 Å². The van der Waals surface area contributed by atoms with Crippen molar-refractivity contribution < 1.29 is 29.6 Å². The molecule has 2 rings (SSSR count). The fourth-order valence-corrected chi connectivity index (χ4v) is 2.41. The first kappa shape index (κ1) is 23.5. The third-order valence-corrected chi connectivity index (χ3v) is 3.89. The maximum Gasteiger partial charge on any atom is 0.332 e. The second-order valence-corrected chi connectivity index (χ2v) is 7.63. The lowest BCUT2D eigenvalue weighted by Gasteiger charge is -2.27. The number of ether oxygens (including phenoxy) is 2. The molecule has 0 saturated carbocycles. The number of hydrogen-bond acceptors (Lipinski definition) is 10. The zero-order valence-corrected chi connectivity index (χ0v) is 17.0. The minimum absolute atomic E-state index is 0.0257. The normalized spacial score (nSPS) is 16.9. The van der Waals surface area contributed by atoms with Crippen LogP contribution in [0.4, 0.5) is 5.82 Å². The highest BCUT2D eigenvalue weighted by Gasteiger charge is 2.21. The van der Waals surface area contributed by atoms with Gasteiger partial charge in [0, 0.05) is 25.2 Å². The Morgan fingerprint density at radius 2 is 1.93 bits per heavy atom. The maximum atomic E-state index is 9.95. The lowest BCUT2D eigenvalue weighted by molar-refractivity contribution is -0.145. The number of carboxylic acids is 1. The fourth-order valence-electron chi connectivity index (χ4n) is 1.89. The number of aliphatic hydroxyl groups excluding tert-OH is 2. The molecule has 0 amide bonds. The van der Waals surface area contributed by atoms with Gasteiger partial charge in [0.15, 0.2) is 0 Å². The number of nitrogens with one attached hydrogen (secondary N) is 1. The molecule has 27 heavy (non-hydrogen) atoms. The van der Waals surface area contributed by atoms with Crippen molar-refractivity contribution in [1.82, 2.24) is 14.1 Å². The molecule has 0 aliphatic carbocycles. The molecule has 1 fully saturated rings. The minimum atomic E-state index is -1.23. The Kier molecular flexibility index (Phi) is 9.88. The predicted molar refractivity (Wildman–Crippen MR) is 102 cm³/mol. The van der Waals surface area contributed by atoms with Gasteiger partial charge in [0.1, 0.15) is 18.8 Å².